The van der Waals surface area contributed by atoms with E-state index in [2.05, 4.69) is 26.9 Å². The van der Waals surface area contributed by atoms with Crippen molar-refractivity contribution < 1.29 is 8.42 Å². The third kappa shape index (κ3) is 4.26. The maximum atomic E-state index is 13.1. The van der Waals surface area contributed by atoms with Gasteiger partial charge in [-0.3, -0.25) is 0 Å². The van der Waals surface area contributed by atoms with Crippen LogP contribution in [0.4, 0.5) is 11.6 Å². The zero-order valence-electron chi connectivity index (χ0n) is 17.5. The van der Waals surface area contributed by atoms with Crippen molar-refractivity contribution in [3.05, 3.63) is 40.9 Å². The van der Waals surface area contributed by atoms with Gasteiger partial charge in [0, 0.05) is 43.8 Å². The van der Waals surface area contributed by atoms with Gasteiger partial charge in [0.1, 0.15) is 0 Å². The van der Waals surface area contributed by atoms with Crippen LogP contribution in [-0.4, -0.2) is 61.7 Å². The predicted molar refractivity (Wildman–Crippen MR) is 120 cm³/mol. The van der Waals surface area contributed by atoms with Crippen LogP contribution in [0.5, 0.6) is 0 Å². The Bertz CT molecular complexity index is 991. The SMILES string of the molecule is Cc1ccc(Cl)cc1S(=O)(=O)N1CCN(c2ccc(N3CCCCC3C)nn2)CC1. The first kappa shape index (κ1) is 21.3. The quantitative estimate of drug-likeness (QED) is 0.713. The number of hydrogen-bond donors (Lipinski definition) is 0. The van der Waals surface area contributed by atoms with E-state index in [1.807, 2.05) is 12.1 Å². The number of rotatable bonds is 4. The molecule has 0 bridgehead atoms. The Morgan fingerprint density at radius 1 is 0.967 bits per heavy atom. The first-order valence-electron chi connectivity index (χ1n) is 10.5. The van der Waals surface area contributed by atoms with Crippen LogP contribution in [0.15, 0.2) is 35.2 Å². The average Bonchev–Trinajstić information content (AvgIpc) is 2.76. The second-order valence-corrected chi connectivity index (χ2v) is 10.4. The molecule has 0 aliphatic carbocycles. The van der Waals surface area contributed by atoms with Crippen LogP contribution in [0.1, 0.15) is 31.7 Å². The molecule has 2 aromatic rings. The summed E-state index contributed by atoms with van der Waals surface area (Å²) in [5.41, 5.74) is 0.704. The van der Waals surface area contributed by atoms with E-state index in [1.165, 1.54) is 29.6 Å². The highest BCUT2D eigenvalue weighted by molar-refractivity contribution is 7.89. The van der Waals surface area contributed by atoms with E-state index in [4.69, 9.17) is 11.6 Å². The molecule has 9 heteroatoms. The molecule has 1 aromatic carbocycles. The Morgan fingerprint density at radius 2 is 1.67 bits per heavy atom. The highest BCUT2D eigenvalue weighted by atomic mass is 35.5. The highest BCUT2D eigenvalue weighted by Crippen LogP contribution is 2.26. The van der Waals surface area contributed by atoms with Gasteiger partial charge in [-0.1, -0.05) is 17.7 Å². The lowest BCUT2D eigenvalue weighted by molar-refractivity contribution is 0.383. The molecule has 7 nitrogen and oxygen atoms in total. The molecule has 1 atom stereocenters. The molecular weight excluding hydrogens is 422 g/mol. The summed E-state index contributed by atoms with van der Waals surface area (Å²) in [7, 11) is -3.57. The fourth-order valence-corrected chi connectivity index (χ4v) is 6.14. The Morgan fingerprint density at radius 3 is 2.33 bits per heavy atom. The van der Waals surface area contributed by atoms with Crippen molar-refractivity contribution in [1.82, 2.24) is 14.5 Å². The van der Waals surface area contributed by atoms with Gasteiger partial charge in [0.2, 0.25) is 10.0 Å². The number of halogens is 1. The Labute approximate surface area is 183 Å². The molecular formula is C21H28ClN5O2S. The number of sulfonamides is 1. The van der Waals surface area contributed by atoms with Crippen LogP contribution in [0.25, 0.3) is 0 Å². The number of piperidine rings is 1. The van der Waals surface area contributed by atoms with Gasteiger partial charge in [0.05, 0.1) is 4.90 Å². The number of piperazine rings is 1. The number of aryl methyl sites for hydroxylation is 1. The lowest BCUT2D eigenvalue weighted by Crippen LogP contribution is -2.49. The summed E-state index contributed by atoms with van der Waals surface area (Å²) >= 11 is 6.03. The molecule has 2 aliphatic rings. The van der Waals surface area contributed by atoms with Crippen molar-refractivity contribution in [1.29, 1.82) is 0 Å². The molecule has 30 heavy (non-hydrogen) atoms. The zero-order valence-corrected chi connectivity index (χ0v) is 19.0. The molecule has 2 aliphatic heterocycles. The largest absolute Gasteiger partial charge is 0.352 e. The minimum atomic E-state index is -3.57. The minimum absolute atomic E-state index is 0.281. The molecule has 0 amide bonds. The van der Waals surface area contributed by atoms with Gasteiger partial charge in [-0.2, -0.15) is 4.31 Å². The summed E-state index contributed by atoms with van der Waals surface area (Å²) in [6.45, 7) is 7.01. The van der Waals surface area contributed by atoms with E-state index in [0.29, 0.717) is 42.8 Å². The smallest absolute Gasteiger partial charge is 0.243 e. The van der Waals surface area contributed by atoms with Crippen LogP contribution in [-0.2, 0) is 10.0 Å². The van der Waals surface area contributed by atoms with E-state index in [-0.39, 0.29) is 4.90 Å². The van der Waals surface area contributed by atoms with E-state index < -0.39 is 10.0 Å². The number of aromatic nitrogens is 2. The van der Waals surface area contributed by atoms with Crippen LogP contribution < -0.4 is 9.80 Å². The molecule has 1 aromatic heterocycles. The van der Waals surface area contributed by atoms with Gasteiger partial charge >= 0.3 is 0 Å². The Kier molecular flexibility index (Phi) is 6.18. The first-order chi connectivity index (χ1) is 14.4. The lowest BCUT2D eigenvalue weighted by Gasteiger charge is -2.36. The van der Waals surface area contributed by atoms with Crippen LogP contribution >= 0.6 is 11.6 Å². The molecule has 1 unspecified atom stereocenters. The second-order valence-electron chi connectivity index (χ2n) is 8.09. The summed E-state index contributed by atoms with van der Waals surface area (Å²) in [5, 5.41) is 9.31. The molecule has 0 spiro atoms. The molecule has 162 valence electrons. The first-order valence-corrected chi connectivity index (χ1v) is 12.3. The van der Waals surface area contributed by atoms with Gasteiger partial charge in [-0.05, 0) is 62.9 Å². The number of benzene rings is 1. The molecule has 3 heterocycles. The van der Waals surface area contributed by atoms with Crippen molar-refractivity contribution >= 4 is 33.3 Å². The molecule has 0 radical (unpaired) electrons. The van der Waals surface area contributed by atoms with Crippen molar-refractivity contribution in [2.45, 2.75) is 44.0 Å². The topological polar surface area (TPSA) is 69.6 Å². The molecule has 0 saturated carbocycles. The summed E-state index contributed by atoms with van der Waals surface area (Å²) in [5.74, 6) is 1.71. The average molecular weight is 450 g/mol. The van der Waals surface area contributed by atoms with Gasteiger partial charge < -0.3 is 9.80 Å². The Hall–Kier alpha value is -1.90. The van der Waals surface area contributed by atoms with Gasteiger partial charge in [0.25, 0.3) is 0 Å². The number of nitrogens with zero attached hydrogens (tertiary/aromatic N) is 5. The summed E-state index contributed by atoms with van der Waals surface area (Å²) in [6.07, 6.45) is 3.65. The molecule has 0 N–H and O–H groups in total. The fraction of sp³-hybridized carbons (Fsp3) is 0.524. The second kappa shape index (κ2) is 8.69. The van der Waals surface area contributed by atoms with Crippen LogP contribution in [0, 0.1) is 6.92 Å². The van der Waals surface area contributed by atoms with Crippen LogP contribution in [0.2, 0.25) is 5.02 Å². The maximum Gasteiger partial charge on any atom is 0.243 e. The van der Waals surface area contributed by atoms with Crippen molar-refractivity contribution in [2.24, 2.45) is 0 Å². The third-order valence-corrected chi connectivity index (χ3v) is 8.34. The summed E-state index contributed by atoms with van der Waals surface area (Å²) < 4.78 is 27.7. The van der Waals surface area contributed by atoms with Gasteiger partial charge in [-0.25, -0.2) is 8.42 Å². The van der Waals surface area contributed by atoms with E-state index in [0.717, 1.165) is 18.2 Å². The predicted octanol–water partition coefficient (Wildman–Crippen LogP) is 3.33. The highest BCUT2D eigenvalue weighted by Gasteiger charge is 2.30. The standard InChI is InChI=1S/C21H28ClN5O2S/c1-16-6-7-18(22)15-19(16)30(28,29)26-13-11-25(12-14-26)20-8-9-21(24-23-20)27-10-4-3-5-17(27)2/h6-9,15,17H,3-5,10-14H2,1-2H3. The normalized spacial score (nSPS) is 21.1. The van der Waals surface area contributed by atoms with Crippen molar-refractivity contribution in [3.63, 3.8) is 0 Å². The number of anilines is 2. The molecule has 4 rings (SSSR count). The number of hydrogen-bond acceptors (Lipinski definition) is 6. The molecule has 2 saturated heterocycles. The molecule has 2 fully saturated rings. The third-order valence-electron chi connectivity index (χ3n) is 6.06. The maximum absolute atomic E-state index is 13.1. The van der Waals surface area contributed by atoms with Crippen LogP contribution in [0.3, 0.4) is 0 Å². The van der Waals surface area contributed by atoms with Gasteiger partial charge in [0.15, 0.2) is 11.6 Å². The summed E-state index contributed by atoms with van der Waals surface area (Å²) in [6, 6.07) is 9.50. The van der Waals surface area contributed by atoms with Gasteiger partial charge in [-0.15, -0.1) is 10.2 Å². The minimum Gasteiger partial charge on any atom is -0.352 e. The monoisotopic (exact) mass is 449 g/mol. The van der Waals surface area contributed by atoms with E-state index in [9.17, 15) is 8.42 Å². The Balaban J connectivity index is 1.42. The fourth-order valence-electron chi connectivity index (χ4n) is 4.23. The van der Waals surface area contributed by atoms with E-state index in [1.54, 1.807) is 19.1 Å². The van der Waals surface area contributed by atoms with Crippen molar-refractivity contribution in [3.8, 4) is 0 Å². The summed E-state index contributed by atoms with van der Waals surface area (Å²) in [4.78, 5) is 4.69. The van der Waals surface area contributed by atoms with E-state index >= 15 is 0 Å². The zero-order chi connectivity index (χ0) is 21.3. The lowest BCUT2D eigenvalue weighted by atomic mass is 10.0. The van der Waals surface area contributed by atoms with Crippen molar-refractivity contribution in [2.75, 3.05) is 42.5 Å².